The molecule has 92 valence electrons. The van der Waals surface area contributed by atoms with Crippen molar-refractivity contribution < 1.29 is 22.7 Å². The molecule has 1 unspecified atom stereocenters. The highest BCUT2D eigenvalue weighted by Gasteiger charge is 2.39. The van der Waals surface area contributed by atoms with E-state index < -0.39 is 23.4 Å². The van der Waals surface area contributed by atoms with E-state index in [1.165, 1.54) is 12.1 Å². The van der Waals surface area contributed by atoms with Crippen molar-refractivity contribution in [3.05, 3.63) is 35.4 Å². The van der Waals surface area contributed by atoms with Crippen molar-refractivity contribution in [1.29, 1.82) is 0 Å². The Bertz CT molecular complexity index is 458. The average molecular weight is 245 g/mol. The lowest BCUT2D eigenvalue weighted by atomic mass is 9.94. The third-order valence-corrected chi connectivity index (χ3v) is 2.69. The van der Waals surface area contributed by atoms with Crippen molar-refractivity contribution in [2.75, 3.05) is 6.54 Å². The molecule has 17 heavy (non-hydrogen) atoms. The van der Waals surface area contributed by atoms with Crippen LogP contribution in [-0.4, -0.2) is 12.6 Å². The molecule has 1 aliphatic heterocycles. The Morgan fingerprint density at radius 1 is 1.41 bits per heavy atom. The summed E-state index contributed by atoms with van der Waals surface area (Å²) in [5, 5.41) is 2.42. The zero-order valence-corrected chi connectivity index (χ0v) is 8.97. The number of alkyl carbamates (subject to hydrolysis) is 1. The first-order valence-corrected chi connectivity index (χ1v) is 4.96. The Kier molecular flexibility index (Phi) is 2.52. The molecule has 2 rings (SSSR count). The Balaban J connectivity index is 2.37. The lowest BCUT2D eigenvalue weighted by Gasteiger charge is -2.22. The number of hydrogen-bond acceptors (Lipinski definition) is 2. The van der Waals surface area contributed by atoms with E-state index in [1.807, 2.05) is 0 Å². The molecule has 1 amide bonds. The summed E-state index contributed by atoms with van der Waals surface area (Å²) in [7, 11) is 0. The fourth-order valence-electron chi connectivity index (χ4n) is 1.70. The maximum atomic E-state index is 12.5. The standard InChI is InChI=1S/C11H10F3NO2/c1-10(6-15-9(16)17-10)7-3-2-4-8(5-7)11(12,13)14/h2-5H,6H2,1H3,(H,15,16). The first kappa shape index (κ1) is 11.8. The van der Waals surface area contributed by atoms with Crippen molar-refractivity contribution in [1.82, 2.24) is 5.32 Å². The molecule has 1 aromatic rings. The largest absolute Gasteiger partial charge is 0.436 e. The molecule has 0 radical (unpaired) electrons. The average Bonchev–Trinajstić information content (AvgIpc) is 2.59. The van der Waals surface area contributed by atoms with Gasteiger partial charge in [-0.15, -0.1) is 0 Å². The minimum Gasteiger partial charge on any atom is -0.436 e. The van der Waals surface area contributed by atoms with Crippen molar-refractivity contribution in [2.45, 2.75) is 18.7 Å². The molecular formula is C11H10F3NO2. The number of nitrogens with one attached hydrogen (secondary N) is 1. The van der Waals surface area contributed by atoms with Crippen LogP contribution in [0, 0.1) is 0 Å². The van der Waals surface area contributed by atoms with Gasteiger partial charge in [-0.05, 0) is 24.6 Å². The van der Waals surface area contributed by atoms with Gasteiger partial charge in [0.15, 0.2) is 5.60 Å². The van der Waals surface area contributed by atoms with Gasteiger partial charge >= 0.3 is 12.3 Å². The first-order valence-electron chi connectivity index (χ1n) is 4.96. The number of rotatable bonds is 1. The normalized spacial score (nSPS) is 24.4. The Labute approximate surface area is 95.6 Å². The number of benzene rings is 1. The van der Waals surface area contributed by atoms with Crippen LogP contribution in [0.5, 0.6) is 0 Å². The second kappa shape index (κ2) is 3.65. The molecule has 1 heterocycles. The van der Waals surface area contributed by atoms with E-state index in [1.54, 1.807) is 6.92 Å². The van der Waals surface area contributed by atoms with Crippen molar-refractivity contribution in [2.24, 2.45) is 0 Å². The van der Waals surface area contributed by atoms with Crippen LogP contribution in [0.4, 0.5) is 18.0 Å². The summed E-state index contributed by atoms with van der Waals surface area (Å²) in [5.41, 5.74) is -1.47. The fourth-order valence-corrected chi connectivity index (χ4v) is 1.70. The van der Waals surface area contributed by atoms with Crippen LogP contribution in [0.2, 0.25) is 0 Å². The second-order valence-electron chi connectivity index (χ2n) is 4.05. The van der Waals surface area contributed by atoms with Gasteiger partial charge in [0.25, 0.3) is 0 Å². The van der Waals surface area contributed by atoms with E-state index in [-0.39, 0.29) is 6.54 Å². The Hall–Kier alpha value is -1.72. The van der Waals surface area contributed by atoms with Gasteiger partial charge in [0, 0.05) is 0 Å². The maximum absolute atomic E-state index is 12.5. The van der Waals surface area contributed by atoms with Gasteiger partial charge in [-0.1, -0.05) is 12.1 Å². The van der Waals surface area contributed by atoms with Gasteiger partial charge in [-0.25, -0.2) is 4.79 Å². The van der Waals surface area contributed by atoms with Crippen LogP contribution in [0.1, 0.15) is 18.1 Å². The molecule has 1 N–H and O–H groups in total. The lowest BCUT2D eigenvalue weighted by molar-refractivity contribution is -0.137. The third-order valence-electron chi connectivity index (χ3n) is 2.69. The highest BCUT2D eigenvalue weighted by Crippen LogP contribution is 2.34. The summed E-state index contributed by atoms with van der Waals surface area (Å²) in [4.78, 5) is 11.0. The summed E-state index contributed by atoms with van der Waals surface area (Å²) >= 11 is 0. The number of ether oxygens (including phenoxy) is 1. The number of carbonyl (C=O) groups excluding carboxylic acids is 1. The summed E-state index contributed by atoms with van der Waals surface area (Å²) < 4.78 is 42.6. The molecular weight excluding hydrogens is 235 g/mol. The van der Waals surface area contributed by atoms with Crippen LogP contribution in [-0.2, 0) is 16.5 Å². The molecule has 0 aromatic heterocycles. The minimum atomic E-state index is -4.40. The molecule has 6 heteroatoms. The van der Waals surface area contributed by atoms with Crippen LogP contribution in [0.3, 0.4) is 0 Å². The highest BCUT2D eigenvalue weighted by atomic mass is 19.4. The zero-order valence-electron chi connectivity index (χ0n) is 8.97. The number of hydrogen-bond donors (Lipinski definition) is 1. The zero-order chi connectivity index (χ0) is 12.7. The first-order chi connectivity index (χ1) is 7.81. The number of cyclic esters (lactones) is 1. The molecule has 1 fully saturated rings. The predicted octanol–water partition coefficient (Wildman–Crippen LogP) is 2.66. The van der Waals surface area contributed by atoms with Gasteiger partial charge in [0.2, 0.25) is 0 Å². The molecule has 1 aromatic carbocycles. The Morgan fingerprint density at radius 2 is 2.12 bits per heavy atom. The summed E-state index contributed by atoms with van der Waals surface area (Å²) in [6.07, 6.45) is -5.02. The molecule has 1 atom stereocenters. The van der Waals surface area contributed by atoms with Gasteiger partial charge in [-0.3, -0.25) is 0 Å². The van der Waals surface area contributed by atoms with E-state index in [2.05, 4.69) is 5.32 Å². The molecule has 0 aliphatic carbocycles. The van der Waals surface area contributed by atoms with E-state index in [0.29, 0.717) is 5.56 Å². The van der Waals surface area contributed by atoms with Gasteiger partial charge in [0.05, 0.1) is 12.1 Å². The predicted molar refractivity (Wildman–Crippen MR) is 53.3 cm³/mol. The monoisotopic (exact) mass is 245 g/mol. The molecule has 3 nitrogen and oxygen atoms in total. The van der Waals surface area contributed by atoms with E-state index in [9.17, 15) is 18.0 Å². The molecule has 1 aliphatic rings. The van der Waals surface area contributed by atoms with Crippen molar-refractivity contribution >= 4 is 6.09 Å². The van der Waals surface area contributed by atoms with Crippen LogP contribution < -0.4 is 5.32 Å². The second-order valence-corrected chi connectivity index (χ2v) is 4.05. The van der Waals surface area contributed by atoms with Gasteiger partial charge in [0.1, 0.15) is 0 Å². The van der Waals surface area contributed by atoms with E-state index >= 15 is 0 Å². The lowest BCUT2D eigenvalue weighted by Crippen LogP contribution is -2.26. The Morgan fingerprint density at radius 3 is 2.65 bits per heavy atom. The smallest absolute Gasteiger partial charge is 0.416 e. The number of amides is 1. The highest BCUT2D eigenvalue weighted by molar-refractivity contribution is 5.70. The number of alkyl halides is 3. The number of halogens is 3. The SMILES string of the molecule is CC1(c2cccc(C(F)(F)F)c2)CNC(=O)O1. The number of carbonyl (C=O) groups is 1. The molecule has 0 bridgehead atoms. The van der Waals surface area contributed by atoms with Crippen molar-refractivity contribution in [3.63, 3.8) is 0 Å². The van der Waals surface area contributed by atoms with Crippen LogP contribution in [0.15, 0.2) is 24.3 Å². The van der Waals surface area contributed by atoms with Gasteiger partial charge < -0.3 is 10.1 Å². The fraction of sp³-hybridized carbons (Fsp3) is 0.364. The topological polar surface area (TPSA) is 38.3 Å². The molecule has 0 spiro atoms. The van der Waals surface area contributed by atoms with Crippen molar-refractivity contribution in [3.8, 4) is 0 Å². The van der Waals surface area contributed by atoms with Crippen LogP contribution in [0.25, 0.3) is 0 Å². The summed E-state index contributed by atoms with van der Waals surface area (Å²) in [6, 6.07) is 4.79. The third kappa shape index (κ3) is 2.20. The quantitative estimate of drug-likeness (QED) is 0.826. The molecule has 1 saturated heterocycles. The van der Waals surface area contributed by atoms with Gasteiger partial charge in [-0.2, -0.15) is 13.2 Å². The van der Waals surface area contributed by atoms with Crippen LogP contribution >= 0.6 is 0 Å². The minimum absolute atomic E-state index is 0.160. The molecule has 0 saturated carbocycles. The maximum Gasteiger partial charge on any atom is 0.416 e. The summed E-state index contributed by atoms with van der Waals surface area (Å²) in [6.45, 7) is 1.73. The van der Waals surface area contributed by atoms with E-state index in [4.69, 9.17) is 4.74 Å². The van der Waals surface area contributed by atoms with E-state index in [0.717, 1.165) is 12.1 Å². The summed E-state index contributed by atoms with van der Waals surface area (Å²) in [5.74, 6) is 0.